The summed E-state index contributed by atoms with van der Waals surface area (Å²) in [4.78, 5) is 35.8. The Morgan fingerprint density at radius 2 is 1.81 bits per heavy atom. The van der Waals surface area contributed by atoms with Crippen LogP contribution in [0.4, 0.5) is 11.4 Å². The summed E-state index contributed by atoms with van der Waals surface area (Å²) in [6.07, 6.45) is 1.68. The second-order valence-electron chi connectivity index (χ2n) is 7.06. The highest BCUT2D eigenvalue weighted by atomic mass is 16.7. The highest BCUT2D eigenvalue weighted by molar-refractivity contribution is 6.15. The molecule has 0 saturated carbocycles. The number of amides is 1. The van der Waals surface area contributed by atoms with Crippen molar-refractivity contribution in [3.63, 3.8) is 0 Å². The van der Waals surface area contributed by atoms with Gasteiger partial charge in [-0.3, -0.25) is 4.79 Å². The summed E-state index contributed by atoms with van der Waals surface area (Å²) in [5.74, 6) is -2.59. The largest absolute Gasteiger partial charge is 0.419 e. The highest BCUT2D eigenvalue weighted by Gasteiger charge is 2.38. The average molecular weight is 360 g/mol. The highest BCUT2D eigenvalue weighted by Crippen LogP contribution is 2.24. The standard InChI is InChI=1S/C19H24N2O5/c1-11(2)8-16(22)21-13-7-6-12(3)15(9-13)20-10-14-17(23)25-19(4,5)26-18(14)24/h6-7,9-11,20H,8H2,1-5H3,(H,21,22). The van der Waals surface area contributed by atoms with Crippen LogP contribution in [-0.2, 0) is 23.9 Å². The lowest BCUT2D eigenvalue weighted by Crippen LogP contribution is -2.42. The Hall–Kier alpha value is -2.83. The molecular weight excluding hydrogens is 336 g/mol. The van der Waals surface area contributed by atoms with Crippen LogP contribution in [-0.4, -0.2) is 23.6 Å². The third-order valence-corrected chi connectivity index (χ3v) is 3.60. The molecule has 0 unspecified atom stereocenters. The zero-order valence-electron chi connectivity index (χ0n) is 15.6. The molecule has 0 aromatic heterocycles. The molecule has 1 aromatic rings. The van der Waals surface area contributed by atoms with E-state index in [0.29, 0.717) is 17.8 Å². The maximum absolute atomic E-state index is 12.0. The number of nitrogens with one attached hydrogen (secondary N) is 2. The van der Waals surface area contributed by atoms with Gasteiger partial charge in [0.25, 0.3) is 5.79 Å². The van der Waals surface area contributed by atoms with Crippen LogP contribution in [0.1, 0.15) is 39.7 Å². The first kappa shape index (κ1) is 19.5. The number of anilines is 2. The molecule has 7 nitrogen and oxygen atoms in total. The molecule has 26 heavy (non-hydrogen) atoms. The summed E-state index contributed by atoms with van der Waals surface area (Å²) in [5.41, 5.74) is 1.92. The van der Waals surface area contributed by atoms with Crippen LogP contribution in [0.25, 0.3) is 0 Å². The number of carbonyl (C=O) groups is 3. The molecule has 1 aliphatic rings. The summed E-state index contributed by atoms with van der Waals surface area (Å²) in [5, 5.41) is 5.73. The Morgan fingerprint density at radius 1 is 1.19 bits per heavy atom. The van der Waals surface area contributed by atoms with E-state index < -0.39 is 17.7 Å². The Morgan fingerprint density at radius 3 is 2.38 bits per heavy atom. The SMILES string of the molecule is Cc1ccc(NC(=O)CC(C)C)cc1NC=C1C(=O)OC(C)(C)OC1=O. The molecule has 1 aromatic carbocycles. The maximum atomic E-state index is 12.0. The van der Waals surface area contributed by atoms with Crippen LogP contribution >= 0.6 is 0 Å². The van der Waals surface area contributed by atoms with E-state index in [9.17, 15) is 14.4 Å². The summed E-state index contributed by atoms with van der Waals surface area (Å²) < 4.78 is 10.1. The summed E-state index contributed by atoms with van der Waals surface area (Å²) in [6, 6.07) is 5.35. The fourth-order valence-electron chi connectivity index (χ4n) is 2.37. The van der Waals surface area contributed by atoms with Crippen molar-refractivity contribution in [2.75, 3.05) is 10.6 Å². The minimum absolute atomic E-state index is 0.0742. The van der Waals surface area contributed by atoms with Gasteiger partial charge in [0.1, 0.15) is 0 Å². The second kappa shape index (κ2) is 7.59. The van der Waals surface area contributed by atoms with Crippen molar-refractivity contribution in [3.05, 3.63) is 35.5 Å². The topological polar surface area (TPSA) is 93.7 Å². The van der Waals surface area contributed by atoms with Crippen molar-refractivity contribution in [1.29, 1.82) is 0 Å². The quantitative estimate of drug-likeness (QED) is 0.476. The summed E-state index contributed by atoms with van der Waals surface area (Å²) in [6.45, 7) is 8.77. The van der Waals surface area contributed by atoms with Gasteiger partial charge in [-0.1, -0.05) is 19.9 Å². The summed E-state index contributed by atoms with van der Waals surface area (Å²) >= 11 is 0. The molecule has 1 aliphatic heterocycles. The normalized spacial score (nSPS) is 16.0. The minimum Gasteiger partial charge on any atom is -0.419 e. The average Bonchev–Trinajstić information content (AvgIpc) is 2.47. The molecule has 7 heteroatoms. The number of ether oxygens (including phenoxy) is 2. The Kier molecular flexibility index (Phi) is 5.69. The Labute approximate surface area is 152 Å². The predicted molar refractivity (Wildman–Crippen MR) is 97.2 cm³/mol. The molecular formula is C19H24N2O5. The molecule has 1 fully saturated rings. The molecule has 2 N–H and O–H groups in total. The van der Waals surface area contributed by atoms with Crippen LogP contribution in [0.3, 0.4) is 0 Å². The van der Waals surface area contributed by atoms with Gasteiger partial charge in [0, 0.05) is 37.8 Å². The Bertz CT molecular complexity index is 743. The number of benzene rings is 1. The van der Waals surface area contributed by atoms with E-state index in [0.717, 1.165) is 5.56 Å². The lowest BCUT2D eigenvalue weighted by atomic mass is 10.1. The van der Waals surface area contributed by atoms with E-state index in [1.807, 2.05) is 26.8 Å². The summed E-state index contributed by atoms with van der Waals surface area (Å²) in [7, 11) is 0. The molecule has 1 amide bonds. The van der Waals surface area contributed by atoms with Gasteiger partial charge in [0.05, 0.1) is 0 Å². The van der Waals surface area contributed by atoms with Gasteiger partial charge >= 0.3 is 11.9 Å². The zero-order valence-corrected chi connectivity index (χ0v) is 15.6. The van der Waals surface area contributed by atoms with Crippen LogP contribution in [0.15, 0.2) is 30.0 Å². The number of carbonyl (C=O) groups excluding carboxylic acids is 3. The van der Waals surface area contributed by atoms with E-state index in [-0.39, 0.29) is 17.4 Å². The van der Waals surface area contributed by atoms with Gasteiger partial charge in [0.15, 0.2) is 5.57 Å². The second-order valence-corrected chi connectivity index (χ2v) is 7.06. The Balaban J connectivity index is 2.14. The lowest BCUT2D eigenvalue weighted by Gasteiger charge is -2.29. The van der Waals surface area contributed by atoms with Crippen LogP contribution < -0.4 is 10.6 Å². The molecule has 1 heterocycles. The van der Waals surface area contributed by atoms with Crippen molar-refractivity contribution in [2.24, 2.45) is 5.92 Å². The van der Waals surface area contributed by atoms with Gasteiger partial charge in [-0.2, -0.15) is 0 Å². The molecule has 0 atom stereocenters. The van der Waals surface area contributed by atoms with Gasteiger partial charge in [-0.25, -0.2) is 9.59 Å². The molecule has 0 spiro atoms. The third-order valence-electron chi connectivity index (χ3n) is 3.60. The van der Waals surface area contributed by atoms with Crippen molar-refractivity contribution in [2.45, 2.75) is 46.8 Å². The maximum Gasteiger partial charge on any atom is 0.350 e. The number of hydrogen-bond acceptors (Lipinski definition) is 6. The first-order valence-electron chi connectivity index (χ1n) is 8.41. The molecule has 0 radical (unpaired) electrons. The molecule has 2 rings (SSSR count). The monoisotopic (exact) mass is 360 g/mol. The van der Waals surface area contributed by atoms with Crippen molar-refractivity contribution in [3.8, 4) is 0 Å². The molecule has 0 bridgehead atoms. The smallest absolute Gasteiger partial charge is 0.350 e. The van der Waals surface area contributed by atoms with Crippen molar-refractivity contribution >= 4 is 29.2 Å². The van der Waals surface area contributed by atoms with E-state index in [1.165, 1.54) is 20.0 Å². The fourth-order valence-corrected chi connectivity index (χ4v) is 2.37. The van der Waals surface area contributed by atoms with Crippen LogP contribution in [0, 0.1) is 12.8 Å². The number of hydrogen-bond donors (Lipinski definition) is 2. The van der Waals surface area contributed by atoms with Crippen molar-refractivity contribution in [1.82, 2.24) is 0 Å². The fraction of sp³-hybridized carbons (Fsp3) is 0.421. The first-order chi connectivity index (χ1) is 12.1. The van der Waals surface area contributed by atoms with E-state index in [1.54, 1.807) is 12.1 Å². The number of esters is 2. The first-order valence-corrected chi connectivity index (χ1v) is 8.41. The minimum atomic E-state index is -1.28. The van der Waals surface area contributed by atoms with E-state index in [2.05, 4.69) is 10.6 Å². The van der Waals surface area contributed by atoms with E-state index >= 15 is 0 Å². The lowest BCUT2D eigenvalue weighted by molar-refractivity contribution is -0.222. The van der Waals surface area contributed by atoms with Gasteiger partial charge in [-0.05, 0) is 30.5 Å². The number of aryl methyl sites for hydroxylation is 1. The molecule has 140 valence electrons. The number of rotatable bonds is 5. The van der Waals surface area contributed by atoms with Crippen LogP contribution in [0.2, 0.25) is 0 Å². The van der Waals surface area contributed by atoms with Crippen molar-refractivity contribution < 1.29 is 23.9 Å². The van der Waals surface area contributed by atoms with E-state index in [4.69, 9.17) is 9.47 Å². The molecule has 1 saturated heterocycles. The van der Waals surface area contributed by atoms with Crippen LogP contribution in [0.5, 0.6) is 0 Å². The zero-order chi connectivity index (χ0) is 19.5. The molecule has 0 aliphatic carbocycles. The third kappa shape index (κ3) is 5.08. The van der Waals surface area contributed by atoms with Gasteiger partial charge < -0.3 is 20.1 Å². The predicted octanol–water partition coefficient (Wildman–Crippen LogP) is 3.11. The number of cyclic esters (lactones) is 2. The van der Waals surface area contributed by atoms with Gasteiger partial charge in [0.2, 0.25) is 5.91 Å². The van der Waals surface area contributed by atoms with Gasteiger partial charge in [-0.15, -0.1) is 0 Å².